The summed E-state index contributed by atoms with van der Waals surface area (Å²) in [6.45, 7) is -0.146. The van der Waals surface area contributed by atoms with Crippen molar-refractivity contribution in [3.63, 3.8) is 0 Å². The minimum Gasteiger partial charge on any atom is -0.439 e. The first-order chi connectivity index (χ1) is 13.7. The smallest absolute Gasteiger partial charge is 0.228 e. The third kappa shape index (κ3) is 4.05. The van der Waals surface area contributed by atoms with E-state index >= 15 is 0 Å². The monoisotopic (exact) mass is 378 g/mol. The van der Waals surface area contributed by atoms with Crippen LogP contribution in [0.25, 0.3) is 22.6 Å². The van der Waals surface area contributed by atoms with E-state index in [0.717, 1.165) is 16.8 Å². The number of benzene rings is 1. The Labute approximate surface area is 160 Å². The Morgan fingerprint density at radius 3 is 2.86 bits per heavy atom. The zero-order valence-electron chi connectivity index (χ0n) is 14.8. The Kier molecular flexibility index (Phi) is 5.09. The maximum Gasteiger partial charge on any atom is 0.228 e. The predicted octanol–water partition coefficient (Wildman–Crippen LogP) is 2.18. The second-order valence-corrected chi connectivity index (χ2v) is 6.14. The van der Waals surface area contributed by atoms with Gasteiger partial charge in [0.1, 0.15) is 5.75 Å². The Morgan fingerprint density at radius 2 is 2.11 bits per heavy atom. The van der Waals surface area contributed by atoms with Gasteiger partial charge in [0.2, 0.25) is 17.6 Å². The molecule has 1 atom stereocenters. The van der Waals surface area contributed by atoms with E-state index in [0.29, 0.717) is 29.8 Å². The van der Waals surface area contributed by atoms with E-state index in [-0.39, 0.29) is 6.61 Å². The maximum absolute atomic E-state index is 9.03. The van der Waals surface area contributed by atoms with E-state index < -0.39 is 6.04 Å². The molecule has 9 heteroatoms. The molecule has 0 radical (unpaired) electrons. The minimum absolute atomic E-state index is 0.146. The molecule has 3 aromatic heterocycles. The SMILES string of the molecule is N[C@H](CO)Cc1nc(-c2cccc(Oc3ccc(-c4ccn[nH]4)cn3)c2)no1. The van der Waals surface area contributed by atoms with Gasteiger partial charge in [0.25, 0.3) is 0 Å². The third-order valence-corrected chi connectivity index (χ3v) is 4.00. The highest BCUT2D eigenvalue weighted by molar-refractivity contribution is 5.58. The molecule has 142 valence electrons. The first-order valence-corrected chi connectivity index (χ1v) is 8.64. The molecule has 0 fully saturated rings. The van der Waals surface area contributed by atoms with Crippen LogP contribution in [0.1, 0.15) is 5.89 Å². The number of hydrogen-bond donors (Lipinski definition) is 3. The summed E-state index contributed by atoms with van der Waals surface area (Å²) in [6, 6.07) is 12.4. The summed E-state index contributed by atoms with van der Waals surface area (Å²) in [5, 5.41) is 19.8. The minimum atomic E-state index is -0.432. The molecule has 0 spiro atoms. The van der Waals surface area contributed by atoms with Crippen molar-refractivity contribution < 1.29 is 14.4 Å². The fourth-order valence-electron chi connectivity index (χ4n) is 2.58. The molecule has 0 aliphatic heterocycles. The zero-order chi connectivity index (χ0) is 19.3. The molecule has 0 aliphatic rings. The standard InChI is InChI=1S/C19H18N6O3/c20-14(11-26)9-18-23-19(25-28-18)12-2-1-3-15(8-12)27-17-5-4-13(10-21-17)16-6-7-22-24-16/h1-8,10,14,26H,9,11,20H2,(H,22,24)/t14-/m0/s1. The molecule has 0 saturated carbocycles. The van der Waals surface area contributed by atoms with Crippen LogP contribution in [0.15, 0.2) is 59.4 Å². The highest BCUT2D eigenvalue weighted by Gasteiger charge is 2.13. The number of aliphatic hydroxyl groups excluding tert-OH is 1. The first-order valence-electron chi connectivity index (χ1n) is 8.64. The van der Waals surface area contributed by atoms with Gasteiger partial charge in [-0.15, -0.1) is 0 Å². The Balaban J connectivity index is 1.48. The van der Waals surface area contributed by atoms with E-state index in [1.807, 2.05) is 30.3 Å². The van der Waals surface area contributed by atoms with E-state index in [4.69, 9.17) is 20.1 Å². The molecule has 1 aromatic carbocycles. The molecule has 28 heavy (non-hydrogen) atoms. The van der Waals surface area contributed by atoms with Gasteiger partial charge < -0.3 is 20.1 Å². The fourth-order valence-corrected chi connectivity index (χ4v) is 2.58. The van der Waals surface area contributed by atoms with Gasteiger partial charge in [-0.05, 0) is 24.3 Å². The normalized spacial score (nSPS) is 12.1. The van der Waals surface area contributed by atoms with Crippen LogP contribution >= 0.6 is 0 Å². The number of hydrogen-bond acceptors (Lipinski definition) is 8. The lowest BCUT2D eigenvalue weighted by atomic mass is 10.2. The van der Waals surface area contributed by atoms with Crippen LogP contribution in [0.4, 0.5) is 0 Å². The van der Waals surface area contributed by atoms with Crippen LogP contribution in [0.3, 0.4) is 0 Å². The lowest BCUT2D eigenvalue weighted by Gasteiger charge is -2.06. The lowest BCUT2D eigenvalue weighted by molar-refractivity contribution is 0.254. The van der Waals surface area contributed by atoms with Crippen molar-refractivity contribution in [1.29, 1.82) is 0 Å². The number of aromatic nitrogens is 5. The van der Waals surface area contributed by atoms with Gasteiger partial charge in [-0.3, -0.25) is 5.10 Å². The summed E-state index contributed by atoms with van der Waals surface area (Å²) < 4.78 is 11.0. The number of nitrogens with one attached hydrogen (secondary N) is 1. The van der Waals surface area contributed by atoms with Crippen LogP contribution in [0.2, 0.25) is 0 Å². The Bertz CT molecular complexity index is 1030. The molecule has 0 saturated heterocycles. The highest BCUT2D eigenvalue weighted by atomic mass is 16.5. The number of nitrogens with two attached hydrogens (primary N) is 1. The van der Waals surface area contributed by atoms with Crippen molar-refractivity contribution in [3.05, 3.63) is 60.7 Å². The van der Waals surface area contributed by atoms with Gasteiger partial charge in [-0.2, -0.15) is 10.1 Å². The number of aliphatic hydroxyl groups is 1. The average molecular weight is 378 g/mol. The average Bonchev–Trinajstić information content (AvgIpc) is 3.41. The molecule has 3 heterocycles. The number of pyridine rings is 1. The van der Waals surface area contributed by atoms with Crippen molar-refractivity contribution in [2.75, 3.05) is 6.61 Å². The van der Waals surface area contributed by atoms with E-state index in [2.05, 4.69) is 25.3 Å². The Morgan fingerprint density at radius 1 is 1.18 bits per heavy atom. The summed E-state index contributed by atoms with van der Waals surface area (Å²) in [5.41, 5.74) is 8.23. The summed E-state index contributed by atoms with van der Waals surface area (Å²) >= 11 is 0. The summed E-state index contributed by atoms with van der Waals surface area (Å²) in [7, 11) is 0. The largest absolute Gasteiger partial charge is 0.439 e. The van der Waals surface area contributed by atoms with Gasteiger partial charge >= 0.3 is 0 Å². The van der Waals surface area contributed by atoms with Crippen LogP contribution in [0.5, 0.6) is 11.6 Å². The Hall–Kier alpha value is -3.56. The van der Waals surface area contributed by atoms with E-state index in [1.54, 1.807) is 24.5 Å². The molecular formula is C19H18N6O3. The van der Waals surface area contributed by atoms with Crippen molar-refractivity contribution in [3.8, 4) is 34.3 Å². The fraction of sp³-hybridized carbons (Fsp3) is 0.158. The number of ether oxygens (including phenoxy) is 1. The van der Waals surface area contributed by atoms with Gasteiger partial charge in [-0.1, -0.05) is 17.3 Å². The van der Waals surface area contributed by atoms with Gasteiger partial charge in [0, 0.05) is 42.0 Å². The third-order valence-electron chi connectivity index (χ3n) is 4.00. The van der Waals surface area contributed by atoms with Crippen molar-refractivity contribution in [2.24, 2.45) is 5.73 Å². The van der Waals surface area contributed by atoms with E-state index in [1.165, 1.54) is 0 Å². The van der Waals surface area contributed by atoms with Crippen molar-refractivity contribution in [2.45, 2.75) is 12.5 Å². The van der Waals surface area contributed by atoms with Gasteiger partial charge in [-0.25, -0.2) is 4.98 Å². The van der Waals surface area contributed by atoms with E-state index in [9.17, 15) is 0 Å². The van der Waals surface area contributed by atoms with Crippen molar-refractivity contribution in [1.82, 2.24) is 25.3 Å². The summed E-state index contributed by atoms with van der Waals surface area (Å²) in [5.74, 6) is 1.85. The summed E-state index contributed by atoms with van der Waals surface area (Å²) in [4.78, 5) is 8.63. The number of aromatic amines is 1. The van der Waals surface area contributed by atoms with Crippen LogP contribution in [-0.2, 0) is 6.42 Å². The second-order valence-electron chi connectivity index (χ2n) is 6.14. The molecular weight excluding hydrogens is 360 g/mol. The van der Waals surface area contributed by atoms with Crippen molar-refractivity contribution >= 4 is 0 Å². The molecule has 4 aromatic rings. The number of nitrogens with zero attached hydrogens (tertiary/aromatic N) is 4. The second kappa shape index (κ2) is 7.99. The van der Waals surface area contributed by atoms with Gasteiger partial charge in [0.05, 0.1) is 12.3 Å². The van der Waals surface area contributed by atoms with Crippen LogP contribution in [-0.4, -0.2) is 43.1 Å². The zero-order valence-corrected chi connectivity index (χ0v) is 14.8. The molecule has 4 N–H and O–H groups in total. The molecule has 0 aliphatic carbocycles. The quantitative estimate of drug-likeness (QED) is 0.445. The number of H-pyrrole nitrogens is 1. The van der Waals surface area contributed by atoms with Gasteiger partial charge in [0.15, 0.2) is 0 Å². The molecule has 4 rings (SSSR count). The number of rotatable bonds is 7. The first kappa shape index (κ1) is 17.8. The molecule has 0 bridgehead atoms. The summed E-state index contributed by atoms with van der Waals surface area (Å²) in [6.07, 6.45) is 3.71. The molecule has 0 unspecified atom stereocenters. The van der Waals surface area contributed by atoms with Crippen LogP contribution in [0, 0.1) is 0 Å². The van der Waals surface area contributed by atoms with Crippen LogP contribution < -0.4 is 10.5 Å². The predicted molar refractivity (Wildman–Crippen MR) is 100 cm³/mol. The highest BCUT2D eigenvalue weighted by Crippen LogP contribution is 2.26. The topological polar surface area (TPSA) is 136 Å². The molecule has 0 amide bonds. The maximum atomic E-state index is 9.03. The molecule has 9 nitrogen and oxygen atoms in total. The lowest BCUT2D eigenvalue weighted by Crippen LogP contribution is -2.26.